The zero-order valence-electron chi connectivity index (χ0n) is 13.8. The van der Waals surface area contributed by atoms with Crippen molar-refractivity contribution in [1.29, 1.82) is 0 Å². The molecule has 5 nitrogen and oxygen atoms in total. The topological polar surface area (TPSA) is 70.9 Å². The molecule has 0 aromatic heterocycles. The molecule has 2 aromatic rings. The molecule has 7 heteroatoms. The van der Waals surface area contributed by atoms with Crippen molar-refractivity contribution in [2.24, 2.45) is 5.10 Å². The van der Waals surface area contributed by atoms with E-state index in [9.17, 15) is 14.3 Å². The van der Waals surface area contributed by atoms with Gasteiger partial charge >= 0.3 is 0 Å². The first-order valence-corrected chi connectivity index (χ1v) is 7.86. The highest BCUT2D eigenvalue weighted by Gasteiger charge is 2.22. The van der Waals surface area contributed by atoms with E-state index in [1.54, 1.807) is 30.3 Å². The van der Waals surface area contributed by atoms with E-state index < -0.39 is 11.5 Å². The minimum Gasteiger partial charge on any atom is -0.488 e. The summed E-state index contributed by atoms with van der Waals surface area (Å²) in [5, 5.41) is 13.8. The highest BCUT2D eigenvalue weighted by Crippen LogP contribution is 2.22. The van der Waals surface area contributed by atoms with E-state index in [1.807, 2.05) is 0 Å². The molecule has 0 unspecified atom stereocenters. The molecule has 0 saturated heterocycles. The van der Waals surface area contributed by atoms with Crippen molar-refractivity contribution in [3.05, 3.63) is 64.4 Å². The second kappa shape index (κ2) is 8.09. The van der Waals surface area contributed by atoms with Crippen LogP contribution in [0.15, 0.2) is 47.6 Å². The Bertz CT molecular complexity index is 771. The Morgan fingerprint density at radius 3 is 2.64 bits per heavy atom. The Labute approximate surface area is 150 Å². The van der Waals surface area contributed by atoms with Crippen LogP contribution in [0.4, 0.5) is 4.39 Å². The van der Waals surface area contributed by atoms with E-state index in [0.29, 0.717) is 16.3 Å². The second-order valence-corrected chi connectivity index (χ2v) is 6.29. The van der Waals surface area contributed by atoms with Gasteiger partial charge in [-0.25, -0.2) is 9.82 Å². The maximum atomic E-state index is 12.9. The first kappa shape index (κ1) is 18.9. The molecule has 0 aliphatic carbocycles. The van der Waals surface area contributed by atoms with Crippen molar-refractivity contribution in [1.82, 2.24) is 5.43 Å². The number of carbonyl (C=O) groups is 1. The van der Waals surface area contributed by atoms with Gasteiger partial charge in [0.05, 0.1) is 6.21 Å². The molecular weight excluding hydrogens is 347 g/mol. The summed E-state index contributed by atoms with van der Waals surface area (Å²) in [6, 6.07) is 10.9. The number of amides is 1. The largest absolute Gasteiger partial charge is 0.488 e. The van der Waals surface area contributed by atoms with Gasteiger partial charge < -0.3 is 9.84 Å². The van der Waals surface area contributed by atoms with Gasteiger partial charge in [0, 0.05) is 10.6 Å². The average Bonchev–Trinajstić information content (AvgIpc) is 2.54. The summed E-state index contributed by atoms with van der Waals surface area (Å²) in [7, 11) is 0. The highest BCUT2D eigenvalue weighted by molar-refractivity contribution is 6.30. The van der Waals surface area contributed by atoms with Crippen LogP contribution in [-0.2, 0) is 11.4 Å². The van der Waals surface area contributed by atoms with Crippen molar-refractivity contribution in [3.63, 3.8) is 0 Å². The summed E-state index contributed by atoms with van der Waals surface area (Å²) < 4.78 is 18.6. The average molecular weight is 365 g/mol. The van der Waals surface area contributed by atoms with Crippen molar-refractivity contribution in [2.75, 3.05) is 0 Å². The normalized spacial score (nSPS) is 11.6. The number of aliphatic hydroxyl groups is 1. The smallest absolute Gasteiger partial charge is 0.271 e. The molecule has 1 amide bonds. The summed E-state index contributed by atoms with van der Waals surface area (Å²) >= 11 is 5.98. The molecule has 0 saturated carbocycles. The van der Waals surface area contributed by atoms with Gasteiger partial charge in [0.25, 0.3) is 5.91 Å². The van der Waals surface area contributed by atoms with E-state index in [2.05, 4.69) is 10.5 Å². The minimum absolute atomic E-state index is 0.235. The fourth-order valence-corrected chi connectivity index (χ4v) is 1.97. The van der Waals surface area contributed by atoms with E-state index >= 15 is 0 Å². The zero-order valence-corrected chi connectivity index (χ0v) is 14.5. The van der Waals surface area contributed by atoms with Crippen molar-refractivity contribution in [2.45, 2.75) is 26.1 Å². The van der Waals surface area contributed by atoms with Gasteiger partial charge in [-0.1, -0.05) is 23.7 Å². The van der Waals surface area contributed by atoms with E-state index in [0.717, 1.165) is 5.56 Å². The molecule has 25 heavy (non-hydrogen) atoms. The number of halogens is 2. The summed E-state index contributed by atoms with van der Waals surface area (Å²) in [4.78, 5) is 11.6. The Morgan fingerprint density at radius 1 is 1.32 bits per heavy atom. The molecular formula is C18H18ClFN2O3. The van der Waals surface area contributed by atoms with Gasteiger partial charge in [0.2, 0.25) is 0 Å². The summed E-state index contributed by atoms with van der Waals surface area (Å²) in [6.07, 6.45) is 1.37. The van der Waals surface area contributed by atoms with Gasteiger partial charge in [-0.2, -0.15) is 5.10 Å². The Hall–Kier alpha value is -2.44. The molecule has 0 radical (unpaired) electrons. The SMILES string of the molecule is CC(C)(O)C(=O)NN=Cc1cc(Cl)ccc1OCc1ccc(F)cc1. The van der Waals surface area contributed by atoms with Gasteiger partial charge in [-0.3, -0.25) is 4.79 Å². The van der Waals surface area contributed by atoms with Crippen LogP contribution >= 0.6 is 11.6 Å². The number of nitrogens with one attached hydrogen (secondary N) is 1. The predicted octanol–water partition coefficient (Wildman–Crippen LogP) is 3.28. The molecule has 2 N–H and O–H groups in total. The molecule has 0 spiro atoms. The number of rotatable bonds is 6. The van der Waals surface area contributed by atoms with Crippen LogP contribution in [0.3, 0.4) is 0 Å². The highest BCUT2D eigenvalue weighted by atomic mass is 35.5. The predicted molar refractivity (Wildman–Crippen MR) is 94.2 cm³/mol. The Morgan fingerprint density at radius 2 is 2.00 bits per heavy atom. The minimum atomic E-state index is -1.53. The lowest BCUT2D eigenvalue weighted by atomic mass is 10.1. The van der Waals surface area contributed by atoms with Crippen LogP contribution in [0, 0.1) is 5.82 Å². The molecule has 0 bridgehead atoms. The maximum Gasteiger partial charge on any atom is 0.271 e. The first-order valence-electron chi connectivity index (χ1n) is 7.48. The number of nitrogens with zero attached hydrogens (tertiary/aromatic N) is 1. The lowest BCUT2D eigenvalue weighted by Gasteiger charge is -2.14. The molecule has 0 aliphatic rings. The lowest BCUT2D eigenvalue weighted by Crippen LogP contribution is -2.39. The molecule has 132 valence electrons. The number of hydrogen-bond donors (Lipinski definition) is 2. The van der Waals surface area contributed by atoms with Gasteiger partial charge in [0.15, 0.2) is 0 Å². The summed E-state index contributed by atoms with van der Waals surface area (Å²) in [5.41, 5.74) is 2.05. The standard InChI is InChI=1S/C18H18ClFN2O3/c1-18(2,24)17(23)22-21-10-13-9-14(19)5-8-16(13)25-11-12-3-6-15(20)7-4-12/h3-10,24H,11H2,1-2H3,(H,22,23). The third kappa shape index (κ3) is 5.85. The third-order valence-electron chi connectivity index (χ3n) is 3.20. The summed E-state index contributed by atoms with van der Waals surface area (Å²) in [6.45, 7) is 2.95. The quantitative estimate of drug-likeness (QED) is 0.610. The fourth-order valence-electron chi connectivity index (χ4n) is 1.79. The second-order valence-electron chi connectivity index (χ2n) is 5.86. The Balaban J connectivity index is 2.08. The van der Waals surface area contributed by atoms with Crippen LogP contribution in [0.1, 0.15) is 25.0 Å². The van der Waals surface area contributed by atoms with E-state index in [4.69, 9.17) is 16.3 Å². The number of ether oxygens (including phenoxy) is 1. The first-order chi connectivity index (χ1) is 11.8. The van der Waals surface area contributed by atoms with E-state index in [-0.39, 0.29) is 12.4 Å². The maximum absolute atomic E-state index is 12.9. The number of hydrogen-bond acceptors (Lipinski definition) is 4. The fraction of sp³-hybridized carbons (Fsp3) is 0.222. The van der Waals surface area contributed by atoms with Gasteiger partial charge in [0.1, 0.15) is 23.8 Å². The number of benzene rings is 2. The number of hydrazone groups is 1. The van der Waals surface area contributed by atoms with Gasteiger partial charge in [-0.05, 0) is 49.7 Å². The van der Waals surface area contributed by atoms with Crippen molar-refractivity contribution < 1.29 is 19.0 Å². The van der Waals surface area contributed by atoms with Crippen LogP contribution in [0.25, 0.3) is 0 Å². The Kier molecular flexibility index (Phi) is 6.12. The lowest BCUT2D eigenvalue weighted by molar-refractivity contribution is -0.136. The third-order valence-corrected chi connectivity index (χ3v) is 3.44. The van der Waals surface area contributed by atoms with Crippen LogP contribution < -0.4 is 10.2 Å². The van der Waals surface area contributed by atoms with Crippen LogP contribution in [0.5, 0.6) is 5.75 Å². The monoisotopic (exact) mass is 364 g/mol. The van der Waals surface area contributed by atoms with Crippen molar-refractivity contribution in [3.8, 4) is 5.75 Å². The zero-order chi connectivity index (χ0) is 18.4. The molecule has 2 aromatic carbocycles. The molecule has 0 heterocycles. The van der Waals surface area contributed by atoms with Gasteiger partial charge in [-0.15, -0.1) is 0 Å². The van der Waals surface area contributed by atoms with Crippen LogP contribution in [-0.4, -0.2) is 22.8 Å². The van der Waals surface area contributed by atoms with Crippen molar-refractivity contribution >= 4 is 23.7 Å². The van der Waals surface area contributed by atoms with E-state index in [1.165, 1.54) is 32.2 Å². The summed E-state index contributed by atoms with van der Waals surface area (Å²) in [5.74, 6) is -0.458. The number of carbonyl (C=O) groups excluding carboxylic acids is 1. The molecule has 0 fully saturated rings. The molecule has 0 aliphatic heterocycles. The molecule has 0 atom stereocenters. The molecule has 2 rings (SSSR count). The van der Waals surface area contributed by atoms with Crippen LogP contribution in [0.2, 0.25) is 5.02 Å².